The number of para-hydroxylation sites is 2. The van der Waals surface area contributed by atoms with E-state index in [0.717, 1.165) is 0 Å². The maximum Gasteiger partial charge on any atom is 0.371 e. The number of esters is 1. The van der Waals surface area contributed by atoms with Crippen LogP contribution in [0.3, 0.4) is 0 Å². The van der Waals surface area contributed by atoms with Gasteiger partial charge < -0.3 is 4.74 Å². The lowest BCUT2D eigenvalue weighted by molar-refractivity contribution is -0.134. The summed E-state index contributed by atoms with van der Waals surface area (Å²) in [6.45, 7) is 1.68. The van der Waals surface area contributed by atoms with Crippen molar-refractivity contribution in [2.75, 3.05) is 11.6 Å². The lowest BCUT2D eigenvalue weighted by Crippen LogP contribution is -2.34. The Balaban J connectivity index is 2.23. The Hall–Kier alpha value is -2.67. The molecule has 1 heterocycles. The van der Waals surface area contributed by atoms with E-state index >= 15 is 0 Å². The quantitative estimate of drug-likeness (QED) is 0.808. The maximum absolute atomic E-state index is 12.6. The Bertz CT molecular complexity index is 876. The molecule has 0 amide bonds. The molecule has 1 aliphatic heterocycles. The third kappa shape index (κ3) is 2.59. The maximum atomic E-state index is 12.6. The lowest BCUT2D eigenvalue weighted by Gasteiger charge is -2.26. The Morgan fingerprint density at radius 3 is 2.43 bits per heavy atom. The molecule has 0 aliphatic carbocycles. The molecule has 0 radical (unpaired) electrons. The minimum Gasteiger partial charge on any atom is -0.461 e. The molecule has 0 aromatic heterocycles. The average Bonchev–Trinajstić information content (AvgIpc) is 2.56. The van der Waals surface area contributed by atoms with Crippen molar-refractivity contribution in [2.45, 2.75) is 11.8 Å². The van der Waals surface area contributed by atoms with Gasteiger partial charge in [-0.2, -0.15) is 0 Å². The molecule has 0 fully saturated rings. The van der Waals surface area contributed by atoms with Crippen LogP contribution in [-0.4, -0.2) is 26.0 Å². The van der Waals surface area contributed by atoms with Crippen LogP contribution in [0.5, 0.6) is 0 Å². The van der Waals surface area contributed by atoms with Crippen molar-refractivity contribution in [3.63, 3.8) is 0 Å². The molecule has 2 aromatic carbocycles. The molecule has 3 rings (SSSR count). The van der Waals surface area contributed by atoms with Crippen molar-refractivity contribution < 1.29 is 17.9 Å². The number of benzene rings is 2. The number of anilines is 2. The highest BCUT2D eigenvalue weighted by Gasteiger charge is 2.38. The number of fused-ring (bicyclic) bond motifs is 1. The summed E-state index contributed by atoms with van der Waals surface area (Å²) in [5.41, 5.74) is 1.04. The van der Waals surface area contributed by atoms with Gasteiger partial charge in [0.05, 0.1) is 22.9 Å². The number of hydrazone groups is 1. The van der Waals surface area contributed by atoms with Gasteiger partial charge in [-0.1, -0.05) is 30.3 Å². The van der Waals surface area contributed by atoms with Crippen molar-refractivity contribution >= 4 is 32.2 Å². The molecule has 1 aliphatic rings. The van der Waals surface area contributed by atoms with Crippen molar-refractivity contribution in [3.8, 4) is 0 Å². The van der Waals surface area contributed by atoms with E-state index in [4.69, 9.17) is 4.74 Å². The van der Waals surface area contributed by atoms with Gasteiger partial charge >= 0.3 is 5.97 Å². The topological polar surface area (TPSA) is 76.0 Å². The van der Waals surface area contributed by atoms with Gasteiger partial charge in [-0.15, -0.1) is 5.10 Å². The number of hydrogen-bond donors (Lipinski definition) is 0. The number of ether oxygens (including phenoxy) is 1. The van der Waals surface area contributed by atoms with Gasteiger partial charge in [0.25, 0.3) is 5.04 Å². The normalized spacial score (nSPS) is 15.5. The van der Waals surface area contributed by atoms with E-state index in [1.165, 1.54) is 11.1 Å². The summed E-state index contributed by atoms with van der Waals surface area (Å²) in [7, 11) is -4.01. The fourth-order valence-corrected chi connectivity index (χ4v) is 3.63. The molecule has 2 aromatic rings. The number of hydrogen-bond acceptors (Lipinski definition) is 6. The predicted octanol–water partition coefficient (Wildman–Crippen LogP) is 2.49. The van der Waals surface area contributed by atoms with Gasteiger partial charge in [0.15, 0.2) is 0 Å². The van der Waals surface area contributed by atoms with Crippen molar-refractivity contribution in [1.82, 2.24) is 0 Å². The van der Waals surface area contributed by atoms with E-state index in [0.29, 0.717) is 11.4 Å². The molecule has 6 nitrogen and oxygen atoms in total. The Morgan fingerprint density at radius 1 is 1.09 bits per heavy atom. The van der Waals surface area contributed by atoms with Crippen LogP contribution in [0, 0.1) is 0 Å². The van der Waals surface area contributed by atoms with Crippen LogP contribution in [0.4, 0.5) is 11.4 Å². The number of carbonyl (C=O) groups excluding carboxylic acids is 1. The van der Waals surface area contributed by atoms with E-state index in [9.17, 15) is 13.2 Å². The third-order valence-electron chi connectivity index (χ3n) is 3.28. The molecule has 0 N–H and O–H groups in total. The van der Waals surface area contributed by atoms with Crippen molar-refractivity contribution in [3.05, 3.63) is 54.6 Å². The van der Waals surface area contributed by atoms with E-state index in [2.05, 4.69) is 5.10 Å². The molecule has 0 atom stereocenters. The van der Waals surface area contributed by atoms with Crippen LogP contribution in [0.1, 0.15) is 6.92 Å². The standard InChI is InChI=1S/C16H14N2O4S/c1-2-22-16(19)15-17-18(12-8-4-3-5-9-12)13-10-6-7-11-14(13)23(15,20)21/h3-11H,2H2,1H3. The number of carbonyl (C=O) groups is 1. The highest BCUT2D eigenvalue weighted by atomic mass is 32.2. The van der Waals surface area contributed by atoms with Crippen molar-refractivity contribution in [2.24, 2.45) is 5.10 Å². The molecule has 0 saturated heterocycles. The number of sulfone groups is 1. The second-order valence-electron chi connectivity index (χ2n) is 4.74. The van der Waals surface area contributed by atoms with Crippen LogP contribution < -0.4 is 5.01 Å². The first-order valence-electron chi connectivity index (χ1n) is 7.00. The average molecular weight is 330 g/mol. The van der Waals surface area contributed by atoms with Crippen LogP contribution in [0.25, 0.3) is 0 Å². The van der Waals surface area contributed by atoms with Crippen LogP contribution >= 0.6 is 0 Å². The fourth-order valence-electron chi connectivity index (χ4n) is 2.27. The second kappa shape index (κ2) is 5.85. The molecule has 0 bridgehead atoms. The fraction of sp³-hybridized carbons (Fsp3) is 0.125. The molecule has 118 valence electrons. The van der Waals surface area contributed by atoms with E-state index in [1.807, 2.05) is 6.07 Å². The molecule has 0 unspecified atom stereocenters. The summed E-state index contributed by atoms with van der Waals surface area (Å²) in [4.78, 5) is 12.1. The van der Waals surface area contributed by atoms with E-state index in [1.54, 1.807) is 49.4 Å². The molecule has 7 heteroatoms. The SMILES string of the molecule is CCOC(=O)C1=NN(c2ccccc2)c2ccccc2S1(=O)=O. The number of nitrogens with zero attached hydrogens (tertiary/aromatic N) is 2. The Kier molecular flexibility index (Phi) is 3.87. The highest BCUT2D eigenvalue weighted by molar-refractivity contribution is 8.08. The first kappa shape index (κ1) is 15.2. The van der Waals surface area contributed by atoms with E-state index in [-0.39, 0.29) is 11.5 Å². The van der Waals surface area contributed by atoms with Crippen molar-refractivity contribution in [1.29, 1.82) is 0 Å². The molecular weight excluding hydrogens is 316 g/mol. The predicted molar refractivity (Wildman–Crippen MR) is 86.3 cm³/mol. The zero-order valence-corrected chi connectivity index (χ0v) is 13.2. The molecule has 23 heavy (non-hydrogen) atoms. The van der Waals surface area contributed by atoms with Gasteiger partial charge in [0, 0.05) is 0 Å². The summed E-state index contributed by atoms with van der Waals surface area (Å²) in [6, 6.07) is 15.4. The summed E-state index contributed by atoms with van der Waals surface area (Å²) in [5.74, 6) is -0.956. The second-order valence-corrected chi connectivity index (χ2v) is 6.58. The summed E-state index contributed by atoms with van der Waals surface area (Å²) in [5, 5.41) is 4.88. The monoisotopic (exact) mass is 330 g/mol. The smallest absolute Gasteiger partial charge is 0.371 e. The largest absolute Gasteiger partial charge is 0.461 e. The number of rotatable bonds is 3. The van der Waals surface area contributed by atoms with Gasteiger partial charge in [-0.3, -0.25) is 0 Å². The zero-order valence-electron chi connectivity index (χ0n) is 12.3. The van der Waals surface area contributed by atoms with Crippen LogP contribution in [0.2, 0.25) is 0 Å². The highest BCUT2D eigenvalue weighted by Crippen LogP contribution is 2.36. The Labute approximate surface area is 133 Å². The Morgan fingerprint density at radius 2 is 1.74 bits per heavy atom. The van der Waals surface area contributed by atoms with Gasteiger partial charge in [0.1, 0.15) is 0 Å². The van der Waals surface area contributed by atoms with Gasteiger partial charge in [0.2, 0.25) is 9.84 Å². The summed E-state index contributed by atoms with van der Waals surface area (Å²) < 4.78 is 30.1. The van der Waals surface area contributed by atoms with Crippen LogP contribution in [-0.2, 0) is 19.4 Å². The minimum atomic E-state index is -4.01. The summed E-state index contributed by atoms with van der Waals surface area (Å²) >= 11 is 0. The molecule has 0 saturated carbocycles. The van der Waals surface area contributed by atoms with Crippen LogP contribution in [0.15, 0.2) is 64.6 Å². The summed E-state index contributed by atoms with van der Waals surface area (Å²) in [6.07, 6.45) is 0. The first-order chi connectivity index (χ1) is 11.1. The van der Waals surface area contributed by atoms with Gasteiger partial charge in [-0.05, 0) is 31.2 Å². The zero-order chi connectivity index (χ0) is 16.4. The lowest BCUT2D eigenvalue weighted by atomic mass is 10.2. The third-order valence-corrected chi connectivity index (χ3v) is 4.96. The van der Waals surface area contributed by atoms with E-state index < -0.39 is 20.9 Å². The van der Waals surface area contributed by atoms with Gasteiger partial charge in [-0.25, -0.2) is 18.2 Å². The molecule has 0 spiro atoms. The molecular formula is C16H14N2O4S. The minimum absolute atomic E-state index is 0.0295. The first-order valence-corrected chi connectivity index (χ1v) is 8.49.